The van der Waals surface area contributed by atoms with Gasteiger partial charge in [0, 0.05) is 12.5 Å². The van der Waals surface area contributed by atoms with E-state index >= 15 is 0 Å². The molecular weight excluding hydrogens is 536 g/mol. The molecule has 5 N–H and O–H groups in total. The Balaban J connectivity index is 2.50. The van der Waals surface area contributed by atoms with Crippen molar-refractivity contribution in [1.29, 1.82) is 0 Å². The van der Waals surface area contributed by atoms with Gasteiger partial charge in [-0.25, -0.2) is 4.79 Å². The van der Waals surface area contributed by atoms with E-state index in [1.54, 1.807) is 13.8 Å². The maximum absolute atomic E-state index is 12.8. The van der Waals surface area contributed by atoms with E-state index < -0.39 is 59.9 Å². The Morgan fingerprint density at radius 1 is 1.05 bits per heavy atom. The van der Waals surface area contributed by atoms with Crippen LogP contribution < -0.4 is 10.6 Å². The van der Waals surface area contributed by atoms with Gasteiger partial charge in [0.15, 0.2) is 6.10 Å². The van der Waals surface area contributed by atoms with Crippen molar-refractivity contribution in [3.63, 3.8) is 0 Å². The average Bonchev–Trinajstić information content (AvgIpc) is 3.11. The molecule has 0 spiro atoms. The molecule has 41 heavy (non-hydrogen) atoms. The number of amides is 2. The van der Waals surface area contributed by atoms with E-state index in [1.807, 2.05) is 0 Å². The van der Waals surface area contributed by atoms with E-state index in [2.05, 4.69) is 17.6 Å². The van der Waals surface area contributed by atoms with Crippen LogP contribution in [0.4, 0.5) is 4.79 Å². The van der Waals surface area contributed by atoms with Crippen molar-refractivity contribution < 1.29 is 48.7 Å². The third-order valence-electron chi connectivity index (χ3n) is 6.94. The lowest BCUT2D eigenvalue weighted by Gasteiger charge is -2.28. The molecule has 236 valence electrons. The zero-order valence-corrected chi connectivity index (χ0v) is 24.9. The maximum Gasteiger partial charge on any atom is 0.508 e. The number of rotatable bonds is 19. The molecule has 1 aliphatic heterocycles. The van der Waals surface area contributed by atoms with Gasteiger partial charge in [0.25, 0.3) is 5.91 Å². The molecule has 6 atom stereocenters. The van der Waals surface area contributed by atoms with Crippen molar-refractivity contribution in [2.45, 2.75) is 122 Å². The first kappa shape index (κ1) is 36.5. The smallest absolute Gasteiger partial charge is 0.434 e. The summed E-state index contributed by atoms with van der Waals surface area (Å²) >= 11 is 0. The molecule has 0 aromatic carbocycles. The van der Waals surface area contributed by atoms with Crippen LogP contribution in [-0.2, 0) is 28.6 Å². The first-order chi connectivity index (χ1) is 19.4. The highest BCUT2D eigenvalue weighted by Gasteiger charge is 2.37. The molecule has 1 fully saturated rings. The Labute approximate surface area is 243 Å². The molecule has 0 aromatic heterocycles. The summed E-state index contributed by atoms with van der Waals surface area (Å²) < 4.78 is 15.5. The van der Waals surface area contributed by atoms with Gasteiger partial charge >= 0.3 is 6.16 Å². The summed E-state index contributed by atoms with van der Waals surface area (Å²) in [6.45, 7) is 5.67. The number of ether oxygens (including phenoxy) is 3. The zero-order valence-electron chi connectivity index (χ0n) is 24.9. The number of carbonyl (C=O) groups is 4. The summed E-state index contributed by atoms with van der Waals surface area (Å²) in [5.41, 5.74) is -0.901. The Morgan fingerprint density at radius 2 is 1.68 bits per heavy atom. The van der Waals surface area contributed by atoms with Gasteiger partial charge in [-0.3, -0.25) is 9.59 Å². The lowest BCUT2D eigenvalue weighted by molar-refractivity contribution is -0.150. The van der Waals surface area contributed by atoms with Crippen LogP contribution >= 0.6 is 0 Å². The van der Waals surface area contributed by atoms with E-state index in [9.17, 15) is 34.5 Å². The molecule has 0 bridgehead atoms. The van der Waals surface area contributed by atoms with Crippen molar-refractivity contribution in [2.75, 3.05) is 20.3 Å². The lowest BCUT2D eigenvalue weighted by Crippen LogP contribution is -2.55. The van der Waals surface area contributed by atoms with Crippen LogP contribution in [0, 0.1) is 5.41 Å². The molecule has 1 saturated heterocycles. The van der Waals surface area contributed by atoms with E-state index in [4.69, 9.17) is 14.2 Å². The van der Waals surface area contributed by atoms with Crippen molar-refractivity contribution >= 4 is 24.3 Å². The van der Waals surface area contributed by atoms with Gasteiger partial charge in [-0.15, -0.1) is 0 Å². The summed E-state index contributed by atoms with van der Waals surface area (Å²) in [5, 5.41) is 36.1. The molecule has 1 aliphatic rings. The monoisotopic (exact) mass is 586 g/mol. The van der Waals surface area contributed by atoms with Gasteiger partial charge in [0.05, 0.1) is 13.2 Å². The van der Waals surface area contributed by atoms with Crippen LogP contribution in [-0.4, -0.2) is 96.4 Å². The van der Waals surface area contributed by atoms with Gasteiger partial charge in [-0.2, -0.15) is 0 Å². The molecule has 12 nitrogen and oxygen atoms in total. The van der Waals surface area contributed by atoms with E-state index in [0.717, 1.165) is 32.4 Å². The number of aliphatic hydroxyl groups is 3. The summed E-state index contributed by atoms with van der Waals surface area (Å²) in [5.74, 6) is -1.39. The Kier molecular flexibility index (Phi) is 17.4. The Morgan fingerprint density at radius 3 is 2.29 bits per heavy atom. The number of aldehydes is 1. The lowest BCUT2D eigenvalue weighted by atomic mass is 9.93. The van der Waals surface area contributed by atoms with Crippen LogP contribution in [0.25, 0.3) is 0 Å². The van der Waals surface area contributed by atoms with Gasteiger partial charge in [-0.1, -0.05) is 64.0 Å². The third-order valence-corrected chi connectivity index (χ3v) is 6.94. The molecule has 0 radical (unpaired) electrons. The SMILES string of the molecule is CCCCCCCCCCOC(=O)O[C@@H]1CC[C@H](NC(=O)[C@H](OC)[C@H](O)[C@@H](O)[C@H](O)C=CC(C)(C)C=O)C(=O)NC1. The fourth-order valence-corrected chi connectivity index (χ4v) is 4.26. The second-order valence-electron chi connectivity index (χ2n) is 11.1. The molecule has 2 amide bonds. The number of unbranched alkanes of at least 4 members (excludes halogenated alkanes) is 7. The largest absolute Gasteiger partial charge is 0.508 e. The van der Waals surface area contributed by atoms with E-state index in [0.29, 0.717) is 6.29 Å². The molecule has 1 rings (SSSR count). The number of hydrogen-bond donors (Lipinski definition) is 5. The predicted molar refractivity (Wildman–Crippen MR) is 151 cm³/mol. The van der Waals surface area contributed by atoms with Crippen molar-refractivity contribution in [3.8, 4) is 0 Å². The van der Waals surface area contributed by atoms with Crippen LogP contribution in [0.3, 0.4) is 0 Å². The van der Waals surface area contributed by atoms with E-state index in [-0.39, 0.29) is 26.0 Å². The maximum atomic E-state index is 12.8. The van der Waals surface area contributed by atoms with E-state index in [1.165, 1.54) is 38.2 Å². The zero-order chi connectivity index (χ0) is 30.8. The molecule has 0 unspecified atom stereocenters. The number of allylic oxidation sites excluding steroid dienone is 1. The number of methoxy groups -OCH3 is 1. The van der Waals surface area contributed by atoms with Crippen molar-refractivity contribution in [1.82, 2.24) is 10.6 Å². The average molecular weight is 587 g/mol. The minimum absolute atomic E-state index is 0.0444. The topological polar surface area (TPSA) is 181 Å². The fourth-order valence-electron chi connectivity index (χ4n) is 4.26. The van der Waals surface area contributed by atoms with Crippen LogP contribution in [0.15, 0.2) is 12.2 Å². The second-order valence-corrected chi connectivity index (χ2v) is 11.1. The minimum atomic E-state index is -1.85. The fraction of sp³-hybridized carbons (Fsp3) is 0.793. The minimum Gasteiger partial charge on any atom is -0.434 e. The van der Waals surface area contributed by atoms with Gasteiger partial charge < -0.3 is 45.0 Å². The number of aliphatic hydroxyl groups excluding tert-OH is 3. The van der Waals surface area contributed by atoms with Crippen LogP contribution in [0.2, 0.25) is 0 Å². The first-order valence-electron chi connectivity index (χ1n) is 14.6. The van der Waals surface area contributed by atoms with Crippen molar-refractivity contribution in [2.24, 2.45) is 5.41 Å². The summed E-state index contributed by atoms with van der Waals surface area (Å²) in [6, 6.07) is -1.01. The van der Waals surface area contributed by atoms with Crippen LogP contribution in [0.5, 0.6) is 0 Å². The standard InChI is InChI=1S/C29H50N2O10/c1-5-6-7-8-9-10-11-12-17-40-28(38)41-20-13-14-21(26(36)30-18-20)31-27(37)25(39-4)24(35)23(34)22(33)15-16-29(2,3)19-32/h15-16,19-25,33-35H,5-14,17-18H2,1-4H3,(H,30,36)(H,31,37)/t20-,21+,22-,23+,24-,25-/m1/s1. The highest BCUT2D eigenvalue weighted by Crippen LogP contribution is 2.17. The highest BCUT2D eigenvalue weighted by molar-refractivity contribution is 5.89. The van der Waals surface area contributed by atoms with Gasteiger partial charge in [0.2, 0.25) is 5.91 Å². The molecule has 1 heterocycles. The first-order valence-corrected chi connectivity index (χ1v) is 14.6. The van der Waals surface area contributed by atoms with Crippen LogP contribution in [0.1, 0.15) is 85.0 Å². The van der Waals surface area contributed by atoms with Gasteiger partial charge in [-0.05, 0) is 33.1 Å². The summed E-state index contributed by atoms with van der Waals surface area (Å²) in [7, 11) is 1.13. The molecular formula is C29H50N2O10. The second kappa shape index (κ2) is 19.6. The Hall–Kier alpha value is -2.54. The number of carbonyl (C=O) groups excluding carboxylic acids is 4. The number of hydrogen-bond acceptors (Lipinski definition) is 10. The molecule has 0 saturated carbocycles. The molecule has 0 aromatic rings. The number of nitrogens with one attached hydrogen (secondary N) is 2. The van der Waals surface area contributed by atoms with Gasteiger partial charge in [0.1, 0.15) is 36.7 Å². The Bertz CT molecular complexity index is 834. The third kappa shape index (κ3) is 14.3. The summed E-state index contributed by atoms with van der Waals surface area (Å²) in [6.07, 6.45) is 4.19. The van der Waals surface area contributed by atoms with Crippen molar-refractivity contribution in [3.05, 3.63) is 12.2 Å². The predicted octanol–water partition coefficient (Wildman–Crippen LogP) is 1.92. The molecule has 12 heteroatoms. The molecule has 0 aliphatic carbocycles. The quantitative estimate of drug-likeness (QED) is 0.0649. The highest BCUT2D eigenvalue weighted by atomic mass is 16.7. The summed E-state index contributed by atoms with van der Waals surface area (Å²) in [4.78, 5) is 48.4. The normalized spacial score (nSPS) is 20.8.